The normalized spacial score (nSPS) is 11.0. The Morgan fingerprint density at radius 2 is 2.14 bits per heavy atom. The highest BCUT2D eigenvalue weighted by Crippen LogP contribution is 2.25. The topological polar surface area (TPSA) is 41.3 Å². The molecule has 0 fully saturated rings. The van der Waals surface area contributed by atoms with Gasteiger partial charge in [0.15, 0.2) is 11.6 Å². The van der Waals surface area contributed by atoms with E-state index in [9.17, 15) is 9.50 Å². The van der Waals surface area contributed by atoms with Gasteiger partial charge in [-0.15, -0.1) is 0 Å². The van der Waals surface area contributed by atoms with E-state index in [0.29, 0.717) is 12.4 Å². The molecule has 0 saturated carbocycles. The predicted molar refractivity (Wildman–Crippen MR) is 80.8 cm³/mol. The van der Waals surface area contributed by atoms with E-state index in [2.05, 4.69) is 4.98 Å². The smallest absolute Gasteiger partial charge is 0.184 e. The largest absolute Gasteiger partial charge is 0.508 e. The Bertz CT molecular complexity index is 769. The number of rotatable bonds is 4. The van der Waals surface area contributed by atoms with Crippen LogP contribution in [0.5, 0.6) is 5.75 Å². The standard InChI is InChI=1S/C16H16FN3O/c1-2-9-20(16-14(17)4-3-8-18-16)19-10-7-12-11-13(21)5-6-15(12)19/h3-8,10-11,21H,2,9H2,1H3. The first kappa shape index (κ1) is 13.4. The number of benzene rings is 1. The summed E-state index contributed by atoms with van der Waals surface area (Å²) in [4.78, 5) is 4.16. The predicted octanol–water partition coefficient (Wildman–Crippen LogP) is 3.56. The molecule has 2 aromatic heterocycles. The molecule has 3 rings (SSSR count). The Kier molecular flexibility index (Phi) is 3.48. The van der Waals surface area contributed by atoms with Crippen molar-refractivity contribution in [1.82, 2.24) is 9.66 Å². The minimum atomic E-state index is -0.355. The third kappa shape index (κ3) is 2.42. The van der Waals surface area contributed by atoms with Gasteiger partial charge in [-0.3, -0.25) is 9.69 Å². The molecule has 1 aromatic carbocycles. The van der Waals surface area contributed by atoms with Crippen molar-refractivity contribution in [2.75, 3.05) is 11.6 Å². The summed E-state index contributed by atoms with van der Waals surface area (Å²) >= 11 is 0. The van der Waals surface area contributed by atoms with Gasteiger partial charge in [-0.1, -0.05) is 6.92 Å². The molecule has 0 unspecified atom stereocenters. The number of hydrogen-bond acceptors (Lipinski definition) is 3. The molecule has 0 aliphatic rings. The Morgan fingerprint density at radius 1 is 1.29 bits per heavy atom. The SMILES string of the molecule is CCCN(c1ncccc1F)n1ccc2cc(O)ccc21. The Balaban J connectivity index is 2.14. The molecular formula is C16H16FN3O. The lowest BCUT2D eigenvalue weighted by Gasteiger charge is -2.25. The minimum absolute atomic E-state index is 0.214. The third-order valence-corrected chi connectivity index (χ3v) is 3.33. The zero-order chi connectivity index (χ0) is 14.8. The van der Waals surface area contributed by atoms with Crippen molar-refractivity contribution >= 4 is 16.7 Å². The average Bonchev–Trinajstić information content (AvgIpc) is 2.88. The molecule has 0 bridgehead atoms. The number of hydrogen-bond donors (Lipinski definition) is 1. The monoisotopic (exact) mass is 285 g/mol. The number of anilines is 1. The highest BCUT2D eigenvalue weighted by atomic mass is 19.1. The zero-order valence-electron chi connectivity index (χ0n) is 11.7. The van der Waals surface area contributed by atoms with Gasteiger partial charge in [0.05, 0.1) is 5.52 Å². The second-order valence-corrected chi connectivity index (χ2v) is 4.84. The van der Waals surface area contributed by atoms with Gasteiger partial charge in [-0.05, 0) is 42.8 Å². The van der Waals surface area contributed by atoms with Crippen LogP contribution in [0, 0.1) is 5.82 Å². The molecule has 0 radical (unpaired) electrons. The van der Waals surface area contributed by atoms with E-state index in [4.69, 9.17) is 0 Å². The molecule has 0 aliphatic carbocycles. The van der Waals surface area contributed by atoms with Crippen LogP contribution in [0.3, 0.4) is 0 Å². The molecule has 0 spiro atoms. The van der Waals surface area contributed by atoms with Gasteiger partial charge in [0, 0.05) is 24.3 Å². The third-order valence-electron chi connectivity index (χ3n) is 3.33. The Morgan fingerprint density at radius 3 is 2.90 bits per heavy atom. The zero-order valence-corrected chi connectivity index (χ0v) is 11.7. The fraction of sp³-hybridized carbons (Fsp3) is 0.188. The number of nitrogens with zero attached hydrogens (tertiary/aromatic N) is 3. The molecular weight excluding hydrogens is 269 g/mol. The Hall–Kier alpha value is -2.56. The molecule has 0 amide bonds. The minimum Gasteiger partial charge on any atom is -0.508 e. The van der Waals surface area contributed by atoms with Crippen molar-refractivity contribution in [2.24, 2.45) is 0 Å². The van der Waals surface area contributed by atoms with E-state index in [-0.39, 0.29) is 11.6 Å². The summed E-state index contributed by atoms with van der Waals surface area (Å²) in [7, 11) is 0. The van der Waals surface area contributed by atoms with E-state index < -0.39 is 0 Å². The molecule has 0 saturated heterocycles. The maximum absolute atomic E-state index is 14.1. The van der Waals surface area contributed by atoms with E-state index in [1.54, 1.807) is 29.4 Å². The molecule has 2 heterocycles. The van der Waals surface area contributed by atoms with Crippen molar-refractivity contribution in [2.45, 2.75) is 13.3 Å². The van der Waals surface area contributed by atoms with Crippen LogP contribution in [0.1, 0.15) is 13.3 Å². The van der Waals surface area contributed by atoms with Crippen molar-refractivity contribution in [3.05, 3.63) is 54.6 Å². The second kappa shape index (κ2) is 5.44. The molecule has 5 heteroatoms. The van der Waals surface area contributed by atoms with Gasteiger partial charge in [0.25, 0.3) is 0 Å². The van der Waals surface area contributed by atoms with E-state index >= 15 is 0 Å². The lowest BCUT2D eigenvalue weighted by Crippen LogP contribution is -2.31. The van der Waals surface area contributed by atoms with E-state index in [0.717, 1.165) is 17.3 Å². The fourth-order valence-electron chi connectivity index (χ4n) is 2.42. The summed E-state index contributed by atoms with van der Waals surface area (Å²) in [5, 5.41) is 12.2. The summed E-state index contributed by atoms with van der Waals surface area (Å²) in [6, 6.07) is 9.99. The maximum atomic E-state index is 14.1. The van der Waals surface area contributed by atoms with Crippen LogP contribution in [0.2, 0.25) is 0 Å². The summed E-state index contributed by atoms with van der Waals surface area (Å²) in [6.45, 7) is 2.67. The molecule has 1 N–H and O–H groups in total. The fourth-order valence-corrected chi connectivity index (χ4v) is 2.42. The number of phenolic OH excluding ortho intramolecular Hbond substituents is 1. The first-order chi connectivity index (χ1) is 10.2. The van der Waals surface area contributed by atoms with Crippen molar-refractivity contribution in [1.29, 1.82) is 0 Å². The molecule has 0 atom stereocenters. The van der Waals surface area contributed by atoms with Gasteiger partial charge >= 0.3 is 0 Å². The van der Waals surface area contributed by atoms with Crippen LogP contribution in [0.4, 0.5) is 10.2 Å². The van der Waals surface area contributed by atoms with Crippen LogP contribution in [0.25, 0.3) is 10.9 Å². The number of fused-ring (bicyclic) bond motifs is 1. The van der Waals surface area contributed by atoms with Gasteiger partial charge < -0.3 is 5.11 Å². The number of phenols is 1. The maximum Gasteiger partial charge on any atom is 0.184 e. The number of pyridine rings is 1. The highest BCUT2D eigenvalue weighted by molar-refractivity contribution is 5.82. The first-order valence-corrected chi connectivity index (χ1v) is 6.89. The van der Waals surface area contributed by atoms with Gasteiger partial charge in [-0.25, -0.2) is 9.37 Å². The summed E-state index contributed by atoms with van der Waals surface area (Å²) in [6.07, 6.45) is 4.29. The van der Waals surface area contributed by atoms with Gasteiger partial charge in [0.1, 0.15) is 5.75 Å². The summed E-state index contributed by atoms with van der Waals surface area (Å²) in [5.41, 5.74) is 0.895. The van der Waals surface area contributed by atoms with Crippen molar-refractivity contribution in [3.63, 3.8) is 0 Å². The van der Waals surface area contributed by atoms with Crippen LogP contribution in [-0.2, 0) is 0 Å². The second-order valence-electron chi connectivity index (χ2n) is 4.84. The van der Waals surface area contributed by atoms with E-state index in [1.165, 1.54) is 6.07 Å². The Labute approximate surface area is 122 Å². The molecule has 108 valence electrons. The van der Waals surface area contributed by atoms with Crippen LogP contribution in [0.15, 0.2) is 48.8 Å². The van der Waals surface area contributed by atoms with Crippen LogP contribution in [-0.4, -0.2) is 21.3 Å². The van der Waals surface area contributed by atoms with Gasteiger partial charge in [0.2, 0.25) is 0 Å². The van der Waals surface area contributed by atoms with Crippen molar-refractivity contribution < 1.29 is 9.50 Å². The number of aromatic nitrogens is 2. The van der Waals surface area contributed by atoms with Crippen LogP contribution >= 0.6 is 0 Å². The number of halogens is 1. The molecule has 4 nitrogen and oxygen atoms in total. The lowest BCUT2D eigenvalue weighted by molar-refractivity contribution is 0.476. The molecule has 3 aromatic rings. The molecule has 21 heavy (non-hydrogen) atoms. The van der Waals surface area contributed by atoms with E-state index in [1.807, 2.05) is 29.9 Å². The number of aromatic hydroxyl groups is 1. The van der Waals surface area contributed by atoms with Crippen LogP contribution < -0.4 is 5.01 Å². The average molecular weight is 285 g/mol. The van der Waals surface area contributed by atoms with Gasteiger partial charge in [-0.2, -0.15) is 0 Å². The molecule has 0 aliphatic heterocycles. The quantitative estimate of drug-likeness (QED) is 0.797. The summed E-state index contributed by atoms with van der Waals surface area (Å²) < 4.78 is 15.9. The summed E-state index contributed by atoms with van der Waals surface area (Å²) in [5.74, 6) is 0.155. The lowest BCUT2D eigenvalue weighted by atomic mass is 10.2. The first-order valence-electron chi connectivity index (χ1n) is 6.89. The van der Waals surface area contributed by atoms with Crippen molar-refractivity contribution in [3.8, 4) is 5.75 Å². The highest BCUT2D eigenvalue weighted by Gasteiger charge is 2.15.